The number of imidazole rings is 1. The molecule has 3 aromatic rings. The van der Waals surface area contributed by atoms with Crippen molar-refractivity contribution < 1.29 is 0 Å². The first-order chi connectivity index (χ1) is 12.1. The Kier molecular flexibility index (Phi) is 4.15. The second-order valence-corrected chi connectivity index (χ2v) is 7.72. The number of H-pyrrole nitrogens is 1. The van der Waals surface area contributed by atoms with E-state index in [9.17, 15) is 0 Å². The summed E-state index contributed by atoms with van der Waals surface area (Å²) in [5.41, 5.74) is 10.7. The van der Waals surface area contributed by atoms with Crippen molar-refractivity contribution in [2.24, 2.45) is 0 Å². The van der Waals surface area contributed by atoms with E-state index in [2.05, 4.69) is 56.9 Å². The van der Waals surface area contributed by atoms with E-state index in [4.69, 9.17) is 4.98 Å². The van der Waals surface area contributed by atoms with E-state index >= 15 is 0 Å². The maximum absolute atomic E-state index is 4.99. The van der Waals surface area contributed by atoms with Crippen molar-refractivity contribution in [2.75, 3.05) is 0 Å². The van der Waals surface area contributed by atoms with Gasteiger partial charge in [0.25, 0.3) is 0 Å². The number of hydrogen-bond acceptors (Lipinski definition) is 1. The van der Waals surface area contributed by atoms with Gasteiger partial charge in [0.1, 0.15) is 5.82 Å². The zero-order chi connectivity index (χ0) is 17.6. The maximum Gasteiger partial charge on any atom is 0.106 e. The minimum absolute atomic E-state index is 0.682. The van der Waals surface area contributed by atoms with Crippen molar-refractivity contribution in [3.8, 4) is 11.1 Å². The predicted octanol–water partition coefficient (Wildman–Crippen LogP) is 6.38. The first-order valence-corrected chi connectivity index (χ1v) is 9.68. The standard InChI is InChI=1S/C23H28N2/c1-5-20-24-19-11-10-18(17-8-6-7-9-17)22(23(19)25-20)21-15(3)12-14(2)13-16(21)4/h10-13,17H,5-9H2,1-4H3,(H,24,25). The van der Waals surface area contributed by atoms with Crippen LogP contribution in [-0.4, -0.2) is 9.97 Å². The van der Waals surface area contributed by atoms with Crippen LogP contribution in [0.15, 0.2) is 24.3 Å². The number of fused-ring (bicyclic) bond motifs is 1. The summed E-state index contributed by atoms with van der Waals surface area (Å²) in [6, 6.07) is 9.24. The first-order valence-electron chi connectivity index (χ1n) is 9.68. The Labute approximate surface area is 150 Å². The predicted molar refractivity (Wildman–Crippen MR) is 106 cm³/mol. The van der Waals surface area contributed by atoms with Gasteiger partial charge in [0, 0.05) is 12.0 Å². The van der Waals surface area contributed by atoms with Gasteiger partial charge in [-0.2, -0.15) is 0 Å². The molecule has 2 heteroatoms. The van der Waals surface area contributed by atoms with Crippen LogP contribution in [0.1, 0.15) is 66.6 Å². The number of nitrogens with zero attached hydrogens (tertiary/aromatic N) is 1. The zero-order valence-electron chi connectivity index (χ0n) is 15.9. The SMILES string of the molecule is CCc1nc2c(-c3c(C)cc(C)cc3C)c(C3CCCC3)ccc2[nH]1. The average Bonchev–Trinajstić information content (AvgIpc) is 3.23. The number of aryl methyl sites for hydroxylation is 4. The summed E-state index contributed by atoms with van der Waals surface area (Å²) < 4.78 is 0. The van der Waals surface area contributed by atoms with E-state index in [1.807, 2.05) is 0 Å². The summed E-state index contributed by atoms with van der Waals surface area (Å²) in [6.45, 7) is 8.85. The second-order valence-electron chi connectivity index (χ2n) is 7.72. The Hall–Kier alpha value is -2.09. The molecular formula is C23H28N2. The fourth-order valence-electron chi connectivity index (χ4n) is 4.72. The zero-order valence-corrected chi connectivity index (χ0v) is 15.9. The lowest BCUT2D eigenvalue weighted by Gasteiger charge is -2.20. The normalized spacial score (nSPS) is 15.4. The van der Waals surface area contributed by atoms with Gasteiger partial charge in [0.05, 0.1) is 11.0 Å². The van der Waals surface area contributed by atoms with Crippen molar-refractivity contribution in [3.05, 3.63) is 52.3 Å². The van der Waals surface area contributed by atoms with Crippen molar-refractivity contribution in [2.45, 2.75) is 65.7 Å². The summed E-state index contributed by atoms with van der Waals surface area (Å²) >= 11 is 0. The van der Waals surface area contributed by atoms with Gasteiger partial charge in [0.2, 0.25) is 0 Å². The number of hydrogen-bond donors (Lipinski definition) is 1. The molecule has 4 rings (SSSR count). The summed E-state index contributed by atoms with van der Waals surface area (Å²) in [7, 11) is 0. The van der Waals surface area contributed by atoms with Gasteiger partial charge in [-0.25, -0.2) is 4.98 Å². The Bertz CT molecular complexity index is 904. The van der Waals surface area contributed by atoms with Crippen LogP contribution in [0.4, 0.5) is 0 Å². The summed E-state index contributed by atoms with van der Waals surface area (Å²) in [4.78, 5) is 8.50. The van der Waals surface area contributed by atoms with Crippen molar-refractivity contribution >= 4 is 11.0 Å². The number of benzene rings is 2. The highest BCUT2D eigenvalue weighted by molar-refractivity contribution is 5.96. The highest BCUT2D eigenvalue weighted by atomic mass is 14.9. The summed E-state index contributed by atoms with van der Waals surface area (Å²) in [5, 5.41) is 0. The van der Waals surface area contributed by atoms with Crippen LogP contribution in [0.5, 0.6) is 0 Å². The third kappa shape index (κ3) is 2.78. The summed E-state index contributed by atoms with van der Waals surface area (Å²) in [5.74, 6) is 1.77. The molecule has 2 nitrogen and oxygen atoms in total. The van der Waals surface area contributed by atoms with E-state index in [-0.39, 0.29) is 0 Å². The number of aromatic amines is 1. The molecule has 1 fully saturated rings. The first kappa shape index (κ1) is 16.4. The largest absolute Gasteiger partial charge is 0.342 e. The molecule has 130 valence electrons. The lowest BCUT2D eigenvalue weighted by Crippen LogP contribution is -2.00. The number of aromatic nitrogens is 2. The topological polar surface area (TPSA) is 28.7 Å². The number of nitrogens with one attached hydrogen (secondary N) is 1. The third-order valence-electron chi connectivity index (χ3n) is 5.79. The molecular weight excluding hydrogens is 304 g/mol. The molecule has 1 heterocycles. The van der Waals surface area contributed by atoms with E-state index in [1.165, 1.54) is 64.6 Å². The van der Waals surface area contributed by atoms with Crippen LogP contribution >= 0.6 is 0 Å². The molecule has 1 saturated carbocycles. The molecule has 1 aromatic heterocycles. The Morgan fingerprint density at radius 1 is 1.00 bits per heavy atom. The smallest absolute Gasteiger partial charge is 0.106 e. The third-order valence-corrected chi connectivity index (χ3v) is 5.79. The minimum atomic E-state index is 0.682. The van der Waals surface area contributed by atoms with Crippen molar-refractivity contribution in [3.63, 3.8) is 0 Å². The van der Waals surface area contributed by atoms with Gasteiger partial charge >= 0.3 is 0 Å². The highest BCUT2D eigenvalue weighted by Crippen LogP contribution is 2.43. The van der Waals surface area contributed by atoms with Gasteiger partial charge in [-0.1, -0.05) is 43.5 Å². The molecule has 0 radical (unpaired) electrons. The molecule has 2 aromatic carbocycles. The minimum Gasteiger partial charge on any atom is -0.342 e. The van der Waals surface area contributed by atoms with Crippen LogP contribution in [0.25, 0.3) is 22.2 Å². The highest BCUT2D eigenvalue weighted by Gasteiger charge is 2.24. The Morgan fingerprint density at radius 3 is 2.32 bits per heavy atom. The van der Waals surface area contributed by atoms with E-state index in [0.717, 1.165) is 17.8 Å². The fourth-order valence-corrected chi connectivity index (χ4v) is 4.72. The van der Waals surface area contributed by atoms with Crippen molar-refractivity contribution in [1.82, 2.24) is 9.97 Å². The van der Waals surface area contributed by atoms with Crippen LogP contribution in [0.2, 0.25) is 0 Å². The van der Waals surface area contributed by atoms with Crippen LogP contribution in [-0.2, 0) is 6.42 Å². The molecule has 1 N–H and O–H groups in total. The Morgan fingerprint density at radius 2 is 1.68 bits per heavy atom. The van der Waals surface area contributed by atoms with Gasteiger partial charge in [0.15, 0.2) is 0 Å². The maximum atomic E-state index is 4.99. The number of rotatable bonds is 3. The molecule has 25 heavy (non-hydrogen) atoms. The molecule has 0 bridgehead atoms. The van der Waals surface area contributed by atoms with Crippen LogP contribution in [0.3, 0.4) is 0 Å². The van der Waals surface area contributed by atoms with E-state index < -0.39 is 0 Å². The van der Waals surface area contributed by atoms with E-state index in [0.29, 0.717) is 5.92 Å². The molecule has 0 aliphatic heterocycles. The molecule has 1 aliphatic rings. The summed E-state index contributed by atoms with van der Waals surface area (Å²) in [6.07, 6.45) is 6.28. The van der Waals surface area contributed by atoms with Gasteiger partial charge in [-0.05, 0) is 67.9 Å². The van der Waals surface area contributed by atoms with Gasteiger partial charge in [-0.15, -0.1) is 0 Å². The molecule has 0 atom stereocenters. The van der Waals surface area contributed by atoms with Crippen LogP contribution < -0.4 is 0 Å². The average molecular weight is 332 g/mol. The molecule has 0 amide bonds. The lowest BCUT2D eigenvalue weighted by atomic mass is 9.84. The molecule has 1 aliphatic carbocycles. The Balaban J connectivity index is 2.05. The molecule has 0 saturated heterocycles. The van der Waals surface area contributed by atoms with Gasteiger partial charge < -0.3 is 4.98 Å². The monoisotopic (exact) mass is 332 g/mol. The molecule has 0 unspecified atom stereocenters. The molecule has 0 spiro atoms. The quantitative estimate of drug-likeness (QED) is 0.592. The fraction of sp³-hybridized carbons (Fsp3) is 0.435. The van der Waals surface area contributed by atoms with Crippen LogP contribution in [0, 0.1) is 20.8 Å². The van der Waals surface area contributed by atoms with Gasteiger partial charge in [-0.3, -0.25) is 0 Å². The van der Waals surface area contributed by atoms with Crippen molar-refractivity contribution in [1.29, 1.82) is 0 Å². The van der Waals surface area contributed by atoms with E-state index in [1.54, 1.807) is 0 Å². The lowest BCUT2D eigenvalue weighted by molar-refractivity contribution is 0.725. The second kappa shape index (κ2) is 6.33.